The third kappa shape index (κ3) is 3.49. The van der Waals surface area contributed by atoms with E-state index in [0.717, 1.165) is 42.3 Å². The van der Waals surface area contributed by atoms with Crippen LogP contribution in [0.25, 0.3) is 10.9 Å². The molecule has 9 nitrogen and oxygen atoms in total. The number of rotatable bonds is 4. The lowest BCUT2D eigenvalue weighted by Gasteiger charge is -2.37. The molecule has 0 radical (unpaired) electrons. The van der Waals surface area contributed by atoms with Crippen LogP contribution in [0.4, 0.5) is 22.4 Å². The van der Waals surface area contributed by atoms with Crippen LogP contribution in [-0.4, -0.2) is 54.4 Å². The van der Waals surface area contributed by atoms with Gasteiger partial charge in [0.05, 0.1) is 5.52 Å². The number of nitrogens with one attached hydrogen (secondary N) is 3. The summed E-state index contributed by atoms with van der Waals surface area (Å²) in [7, 11) is 0. The molecule has 0 aliphatic carbocycles. The molecule has 2 aromatic heterocycles. The normalized spacial score (nSPS) is 23.0. The number of aromatic amines is 1. The van der Waals surface area contributed by atoms with Gasteiger partial charge in [-0.25, -0.2) is 9.78 Å². The van der Waals surface area contributed by atoms with Crippen molar-refractivity contribution in [3.63, 3.8) is 0 Å². The van der Waals surface area contributed by atoms with Crippen molar-refractivity contribution >= 4 is 46.2 Å². The van der Waals surface area contributed by atoms with Crippen molar-refractivity contribution in [2.45, 2.75) is 50.7 Å². The van der Waals surface area contributed by atoms with Crippen molar-refractivity contribution < 1.29 is 9.90 Å². The van der Waals surface area contributed by atoms with Crippen LogP contribution in [0.2, 0.25) is 5.02 Å². The van der Waals surface area contributed by atoms with Crippen LogP contribution in [0.5, 0.6) is 0 Å². The van der Waals surface area contributed by atoms with Gasteiger partial charge < -0.3 is 20.6 Å². The molecule has 2 aliphatic heterocycles. The Morgan fingerprint density at radius 1 is 1.23 bits per heavy atom. The minimum Gasteiger partial charge on any atom is -0.465 e. The van der Waals surface area contributed by atoms with E-state index in [1.54, 1.807) is 17.0 Å². The van der Waals surface area contributed by atoms with Gasteiger partial charge >= 0.3 is 6.09 Å². The van der Waals surface area contributed by atoms with E-state index in [9.17, 15) is 9.90 Å². The van der Waals surface area contributed by atoms with E-state index in [1.165, 1.54) is 0 Å². The molecular formula is C20H22ClN7O2. The van der Waals surface area contributed by atoms with Crippen LogP contribution in [0, 0.1) is 6.92 Å². The summed E-state index contributed by atoms with van der Waals surface area (Å²) in [5.41, 5.74) is 1.67. The summed E-state index contributed by atoms with van der Waals surface area (Å²) >= 11 is 6.19. The molecule has 1 aromatic carbocycles. The van der Waals surface area contributed by atoms with Crippen molar-refractivity contribution in [2.24, 2.45) is 0 Å². The van der Waals surface area contributed by atoms with Gasteiger partial charge in [0.15, 0.2) is 5.82 Å². The summed E-state index contributed by atoms with van der Waals surface area (Å²) in [4.78, 5) is 22.5. The number of nitrogens with zero attached hydrogens (tertiary/aromatic N) is 4. The largest absolute Gasteiger partial charge is 0.465 e. The Labute approximate surface area is 177 Å². The number of carboxylic acid groups (broad SMARTS) is 1. The Kier molecular flexibility index (Phi) is 4.62. The van der Waals surface area contributed by atoms with Crippen LogP contribution in [0.3, 0.4) is 0 Å². The highest BCUT2D eigenvalue weighted by molar-refractivity contribution is 6.31. The molecule has 2 fully saturated rings. The number of piperidine rings is 1. The zero-order valence-corrected chi connectivity index (χ0v) is 17.1. The Balaban J connectivity index is 1.44. The standard InChI is InChI=1S/C20H22ClN7O2/c1-10-6-17(27-26-10)24-18-15-5-2-11(21)7-16(15)23-19(25-18)22-12-8-13-3-4-14(9-12)28(13)20(29)30/h2,5-7,12-14H,3-4,8-9H2,1H3,(H,29,30)(H3,22,23,24,25,26,27). The van der Waals surface area contributed by atoms with Crippen LogP contribution in [-0.2, 0) is 0 Å². The van der Waals surface area contributed by atoms with Crippen LogP contribution in [0.1, 0.15) is 31.4 Å². The molecule has 5 rings (SSSR count). The van der Waals surface area contributed by atoms with Gasteiger partial charge in [-0.1, -0.05) is 11.6 Å². The summed E-state index contributed by atoms with van der Waals surface area (Å²) in [6.45, 7) is 1.93. The van der Waals surface area contributed by atoms with E-state index in [0.29, 0.717) is 22.6 Å². The third-order valence-electron chi connectivity index (χ3n) is 5.90. The van der Waals surface area contributed by atoms with Crippen LogP contribution >= 0.6 is 11.6 Å². The molecule has 4 N–H and O–H groups in total. The Bertz CT molecular complexity index is 1100. The van der Waals surface area contributed by atoms with Crippen molar-refractivity contribution in [3.05, 3.63) is 35.0 Å². The number of fused-ring (bicyclic) bond motifs is 3. The molecule has 0 spiro atoms. The van der Waals surface area contributed by atoms with Crippen LogP contribution < -0.4 is 10.6 Å². The number of anilines is 3. The number of hydrogen-bond acceptors (Lipinski definition) is 6. The first kappa shape index (κ1) is 18.9. The van der Waals surface area contributed by atoms with Crippen molar-refractivity contribution in [1.29, 1.82) is 0 Å². The number of aryl methyl sites for hydroxylation is 1. The molecule has 10 heteroatoms. The van der Waals surface area contributed by atoms with E-state index < -0.39 is 6.09 Å². The fourth-order valence-corrected chi connectivity index (χ4v) is 4.82. The predicted octanol–water partition coefficient (Wildman–Crippen LogP) is 4.14. The monoisotopic (exact) mass is 427 g/mol. The maximum Gasteiger partial charge on any atom is 0.407 e. The topological polar surface area (TPSA) is 119 Å². The summed E-state index contributed by atoms with van der Waals surface area (Å²) in [5, 5.41) is 24.7. The van der Waals surface area contributed by atoms with E-state index in [2.05, 4.69) is 25.8 Å². The second-order valence-electron chi connectivity index (χ2n) is 8.01. The fourth-order valence-electron chi connectivity index (χ4n) is 4.66. The van der Waals surface area contributed by atoms with Gasteiger partial charge in [-0.2, -0.15) is 10.1 Å². The van der Waals surface area contributed by atoms with Crippen LogP contribution in [0.15, 0.2) is 24.3 Å². The lowest BCUT2D eigenvalue weighted by atomic mass is 9.98. The summed E-state index contributed by atoms with van der Waals surface area (Å²) in [6, 6.07) is 7.62. The lowest BCUT2D eigenvalue weighted by molar-refractivity contribution is 0.0993. The highest BCUT2D eigenvalue weighted by Crippen LogP contribution is 2.37. The SMILES string of the molecule is Cc1cc(Nc2nc(NC3CC4CCC(C3)N4C(=O)O)nc3cc(Cl)ccc23)n[nH]1. The highest BCUT2D eigenvalue weighted by Gasteiger charge is 2.43. The molecule has 2 bridgehead atoms. The van der Waals surface area contributed by atoms with Gasteiger partial charge in [0.2, 0.25) is 5.95 Å². The van der Waals surface area contributed by atoms with Gasteiger partial charge in [-0.05, 0) is 50.8 Å². The molecule has 1 amide bonds. The molecule has 2 unspecified atom stereocenters. The molecule has 2 aliphatic rings. The number of aromatic nitrogens is 4. The van der Waals surface area contributed by atoms with Crippen molar-refractivity contribution in [2.75, 3.05) is 10.6 Å². The number of hydrogen-bond donors (Lipinski definition) is 4. The van der Waals surface area contributed by atoms with E-state index in [4.69, 9.17) is 16.6 Å². The Hall–Kier alpha value is -3.07. The zero-order chi connectivity index (χ0) is 20.8. The average molecular weight is 428 g/mol. The maximum absolute atomic E-state index is 11.5. The van der Waals surface area contributed by atoms with Crippen molar-refractivity contribution in [3.8, 4) is 0 Å². The number of carbonyl (C=O) groups is 1. The van der Waals surface area contributed by atoms with E-state index in [1.807, 2.05) is 19.1 Å². The van der Waals surface area contributed by atoms with Gasteiger partial charge in [0, 0.05) is 40.3 Å². The number of halogens is 1. The molecule has 2 atom stereocenters. The number of H-pyrrole nitrogens is 1. The van der Waals surface area contributed by atoms with Crippen molar-refractivity contribution in [1.82, 2.24) is 25.1 Å². The molecule has 4 heterocycles. The molecular weight excluding hydrogens is 406 g/mol. The highest BCUT2D eigenvalue weighted by atomic mass is 35.5. The van der Waals surface area contributed by atoms with E-state index >= 15 is 0 Å². The summed E-state index contributed by atoms with van der Waals surface area (Å²) in [5.74, 6) is 1.80. The summed E-state index contributed by atoms with van der Waals surface area (Å²) < 4.78 is 0. The first-order chi connectivity index (χ1) is 14.5. The first-order valence-corrected chi connectivity index (χ1v) is 10.4. The maximum atomic E-state index is 11.5. The minimum atomic E-state index is -0.821. The molecule has 156 valence electrons. The van der Waals surface area contributed by atoms with Gasteiger partial charge in [0.25, 0.3) is 0 Å². The second kappa shape index (κ2) is 7.32. The second-order valence-corrected chi connectivity index (χ2v) is 8.44. The Morgan fingerprint density at radius 3 is 2.67 bits per heavy atom. The van der Waals surface area contributed by atoms with Gasteiger partial charge in [0.1, 0.15) is 5.82 Å². The third-order valence-corrected chi connectivity index (χ3v) is 6.13. The quantitative estimate of drug-likeness (QED) is 0.493. The van der Waals surface area contributed by atoms with E-state index in [-0.39, 0.29) is 18.1 Å². The molecule has 3 aromatic rings. The summed E-state index contributed by atoms with van der Waals surface area (Å²) in [6.07, 6.45) is 2.50. The number of amides is 1. The fraction of sp³-hybridized carbons (Fsp3) is 0.400. The van der Waals surface area contributed by atoms with Gasteiger partial charge in [-0.3, -0.25) is 5.10 Å². The number of benzene rings is 1. The zero-order valence-electron chi connectivity index (χ0n) is 16.4. The molecule has 2 saturated heterocycles. The van der Waals surface area contributed by atoms with Gasteiger partial charge in [-0.15, -0.1) is 0 Å². The predicted molar refractivity (Wildman–Crippen MR) is 114 cm³/mol. The Morgan fingerprint density at radius 2 is 2.00 bits per heavy atom. The average Bonchev–Trinajstić information content (AvgIpc) is 3.22. The smallest absolute Gasteiger partial charge is 0.407 e. The molecule has 0 saturated carbocycles. The minimum absolute atomic E-state index is 0.0540. The lowest BCUT2D eigenvalue weighted by Crippen LogP contribution is -2.49. The molecule has 30 heavy (non-hydrogen) atoms. The first-order valence-electron chi connectivity index (χ1n) is 10.0.